The number of carbonyl (C=O) groups is 1. The van der Waals surface area contributed by atoms with Crippen molar-refractivity contribution >= 4 is 17.2 Å². The van der Waals surface area contributed by atoms with E-state index < -0.39 is 0 Å². The zero-order valence-corrected chi connectivity index (χ0v) is 12.3. The Hall–Kier alpha value is -0.870. The molecule has 1 aliphatic carbocycles. The van der Waals surface area contributed by atoms with Gasteiger partial charge < -0.3 is 4.90 Å². The van der Waals surface area contributed by atoms with Crippen LogP contribution in [0.4, 0.5) is 0 Å². The van der Waals surface area contributed by atoms with Gasteiger partial charge in [0, 0.05) is 6.04 Å². The predicted molar refractivity (Wildman–Crippen MR) is 78.0 cm³/mol. The minimum atomic E-state index is -0.0480. The van der Waals surface area contributed by atoms with Crippen molar-refractivity contribution < 1.29 is 4.79 Å². The van der Waals surface area contributed by atoms with E-state index in [4.69, 9.17) is 0 Å². The summed E-state index contributed by atoms with van der Waals surface area (Å²) in [6, 6.07) is 2.52. The predicted octanol–water partition coefficient (Wildman–Crippen LogP) is 3.29. The van der Waals surface area contributed by atoms with Crippen molar-refractivity contribution in [1.29, 1.82) is 0 Å². The number of nitrogens with one attached hydrogen (secondary N) is 1. The van der Waals surface area contributed by atoms with E-state index in [1.165, 1.54) is 44.1 Å². The Labute approximate surface area is 119 Å². The van der Waals surface area contributed by atoms with E-state index in [0.29, 0.717) is 6.04 Å². The lowest BCUT2D eigenvalue weighted by atomic mass is 10.1. The molecule has 1 amide bonds. The third kappa shape index (κ3) is 2.56. The number of rotatable bonds is 2. The molecule has 3 nitrogen and oxygen atoms in total. The fourth-order valence-corrected chi connectivity index (χ4v) is 4.03. The van der Waals surface area contributed by atoms with Gasteiger partial charge in [-0.15, -0.1) is 0 Å². The van der Waals surface area contributed by atoms with Crippen LogP contribution in [-0.4, -0.2) is 22.9 Å². The van der Waals surface area contributed by atoms with Crippen LogP contribution in [0.5, 0.6) is 0 Å². The molecule has 1 saturated carbocycles. The molecule has 0 bridgehead atoms. The Morgan fingerprint density at radius 3 is 2.63 bits per heavy atom. The van der Waals surface area contributed by atoms with E-state index in [-0.39, 0.29) is 18.1 Å². The summed E-state index contributed by atoms with van der Waals surface area (Å²) in [6.45, 7) is 1.98. The second-order valence-electron chi connectivity index (χ2n) is 5.74. The zero-order valence-electron chi connectivity index (χ0n) is 11.5. The van der Waals surface area contributed by atoms with Crippen molar-refractivity contribution in [2.24, 2.45) is 0 Å². The van der Waals surface area contributed by atoms with Gasteiger partial charge in [0.2, 0.25) is 5.91 Å². The Bertz CT molecular complexity index is 423. The van der Waals surface area contributed by atoms with Crippen molar-refractivity contribution in [2.45, 2.75) is 63.7 Å². The fraction of sp³-hybridized carbons (Fsp3) is 0.667. The highest BCUT2D eigenvalue weighted by Gasteiger charge is 2.41. The first-order chi connectivity index (χ1) is 9.27. The van der Waals surface area contributed by atoms with E-state index in [2.05, 4.69) is 27.0 Å². The average Bonchev–Trinajstić information content (AvgIpc) is 2.93. The molecule has 3 rings (SSSR count). The van der Waals surface area contributed by atoms with Crippen LogP contribution in [0.15, 0.2) is 16.8 Å². The van der Waals surface area contributed by atoms with Crippen LogP contribution in [0.1, 0.15) is 57.2 Å². The smallest absolute Gasteiger partial charge is 0.241 e. The first kappa shape index (κ1) is 13.1. The van der Waals surface area contributed by atoms with Gasteiger partial charge in [-0.05, 0) is 42.2 Å². The van der Waals surface area contributed by atoms with Crippen molar-refractivity contribution in [3.8, 4) is 0 Å². The Kier molecular flexibility index (Phi) is 3.89. The number of hydrogen-bond donors (Lipinski definition) is 1. The van der Waals surface area contributed by atoms with E-state index in [1.807, 2.05) is 6.92 Å². The van der Waals surface area contributed by atoms with Gasteiger partial charge in [-0.3, -0.25) is 10.1 Å². The van der Waals surface area contributed by atoms with Crippen molar-refractivity contribution in [3.05, 3.63) is 22.4 Å². The Balaban J connectivity index is 1.84. The van der Waals surface area contributed by atoms with Crippen LogP contribution in [-0.2, 0) is 4.79 Å². The van der Waals surface area contributed by atoms with Gasteiger partial charge in [-0.2, -0.15) is 11.3 Å². The molecule has 0 radical (unpaired) electrons. The molecule has 1 N–H and O–H groups in total. The maximum Gasteiger partial charge on any atom is 0.241 e. The van der Waals surface area contributed by atoms with Gasteiger partial charge in [-0.1, -0.05) is 25.7 Å². The Morgan fingerprint density at radius 1 is 1.26 bits per heavy atom. The lowest BCUT2D eigenvalue weighted by molar-refractivity contribution is -0.132. The molecule has 0 aromatic carbocycles. The van der Waals surface area contributed by atoms with Crippen LogP contribution >= 0.6 is 11.3 Å². The third-order valence-electron chi connectivity index (χ3n) is 4.39. The van der Waals surface area contributed by atoms with Crippen LogP contribution in [0.25, 0.3) is 0 Å². The molecule has 2 aliphatic rings. The molecule has 1 aromatic heterocycles. The zero-order chi connectivity index (χ0) is 13.2. The molecule has 104 valence electrons. The van der Waals surface area contributed by atoms with Crippen molar-refractivity contribution in [3.63, 3.8) is 0 Å². The van der Waals surface area contributed by atoms with Gasteiger partial charge >= 0.3 is 0 Å². The number of nitrogens with zero attached hydrogens (tertiary/aromatic N) is 1. The lowest BCUT2D eigenvalue weighted by Crippen LogP contribution is -2.39. The highest BCUT2D eigenvalue weighted by Crippen LogP contribution is 2.33. The van der Waals surface area contributed by atoms with Gasteiger partial charge in [0.05, 0.1) is 6.04 Å². The second kappa shape index (κ2) is 5.63. The van der Waals surface area contributed by atoms with Crippen molar-refractivity contribution in [2.75, 3.05) is 0 Å². The van der Waals surface area contributed by atoms with E-state index in [0.717, 1.165) is 0 Å². The van der Waals surface area contributed by atoms with Gasteiger partial charge in [0.25, 0.3) is 0 Å². The summed E-state index contributed by atoms with van der Waals surface area (Å²) in [4.78, 5) is 14.6. The second-order valence-corrected chi connectivity index (χ2v) is 6.52. The monoisotopic (exact) mass is 278 g/mol. The lowest BCUT2D eigenvalue weighted by Gasteiger charge is -2.32. The Morgan fingerprint density at radius 2 is 2.00 bits per heavy atom. The summed E-state index contributed by atoms with van der Waals surface area (Å²) >= 11 is 1.70. The summed E-state index contributed by atoms with van der Waals surface area (Å²) in [7, 11) is 0. The molecule has 2 atom stereocenters. The van der Waals surface area contributed by atoms with Crippen LogP contribution in [0.3, 0.4) is 0 Å². The molecule has 1 aromatic rings. The SMILES string of the molecule is CC1NC(c2ccsc2)N(C2CCCCCC2)C1=O. The highest BCUT2D eigenvalue weighted by molar-refractivity contribution is 7.07. The van der Waals surface area contributed by atoms with E-state index >= 15 is 0 Å². The number of hydrogen-bond acceptors (Lipinski definition) is 3. The van der Waals surface area contributed by atoms with Crippen molar-refractivity contribution in [1.82, 2.24) is 10.2 Å². The molecular weight excluding hydrogens is 256 g/mol. The molecular formula is C15H22N2OS. The fourth-order valence-electron chi connectivity index (χ4n) is 3.35. The van der Waals surface area contributed by atoms with Gasteiger partial charge in [0.1, 0.15) is 6.17 Å². The van der Waals surface area contributed by atoms with E-state index in [1.54, 1.807) is 11.3 Å². The maximum atomic E-state index is 12.5. The molecule has 1 saturated heterocycles. The summed E-state index contributed by atoms with van der Waals surface area (Å²) in [5.74, 6) is 0.281. The average molecular weight is 278 g/mol. The molecule has 0 spiro atoms. The highest BCUT2D eigenvalue weighted by atomic mass is 32.1. The minimum absolute atomic E-state index is 0.0480. The standard InChI is InChI=1S/C15H22N2OS/c1-11-15(18)17(13-6-4-2-3-5-7-13)14(16-11)12-8-9-19-10-12/h8-11,13-14,16H,2-7H2,1H3. The largest absolute Gasteiger partial charge is 0.319 e. The molecule has 1 aliphatic heterocycles. The summed E-state index contributed by atoms with van der Waals surface area (Å²) < 4.78 is 0. The maximum absolute atomic E-state index is 12.5. The van der Waals surface area contributed by atoms with E-state index in [9.17, 15) is 4.79 Å². The first-order valence-corrected chi connectivity index (χ1v) is 8.32. The molecule has 2 unspecified atom stereocenters. The topological polar surface area (TPSA) is 32.3 Å². The quantitative estimate of drug-likeness (QED) is 0.842. The normalized spacial score (nSPS) is 29.7. The summed E-state index contributed by atoms with van der Waals surface area (Å²) in [6.07, 6.45) is 7.60. The van der Waals surface area contributed by atoms with Gasteiger partial charge in [0.15, 0.2) is 0 Å². The van der Waals surface area contributed by atoms with Gasteiger partial charge in [-0.25, -0.2) is 0 Å². The molecule has 4 heteroatoms. The third-order valence-corrected chi connectivity index (χ3v) is 5.09. The molecule has 19 heavy (non-hydrogen) atoms. The number of thiophene rings is 1. The van der Waals surface area contributed by atoms with Crippen LogP contribution < -0.4 is 5.32 Å². The minimum Gasteiger partial charge on any atom is -0.319 e. The molecule has 2 heterocycles. The first-order valence-electron chi connectivity index (χ1n) is 7.37. The number of carbonyl (C=O) groups excluding carboxylic acids is 1. The van der Waals surface area contributed by atoms with Crippen LogP contribution in [0.2, 0.25) is 0 Å². The summed E-state index contributed by atoms with van der Waals surface area (Å²) in [5.41, 5.74) is 1.24. The number of amides is 1. The molecule has 2 fully saturated rings. The summed E-state index contributed by atoms with van der Waals surface area (Å²) in [5, 5.41) is 7.71. The van der Waals surface area contributed by atoms with Crippen LogP contribution in [0, 0.1) is 0 Å².